The Morgan fingerprint density at radius 1 is 1.37 bits per heavy atom. The average Bonchev–Trinajstić information content (AvgIpc) is 3.04. The summed E-state index contributed by atoms with van der Waals surface area (Å²) in [6, 6.07) is 0.403. The Morgan fingerprint density at radius 2 is 2.21 bits per heavy atom. The second kappa shape index (κ2) is 7.04. The fourth-order valence-corrected chi connectivity index (χ4v) is 2.92. The third kappa shape index (κ3) is 4.03. The minimum Gasteiger partial charge on any atom is -0.339 e. The topological polar surface area (TPSA) is 51.0 Å². The zero-order valence-electron chi connectivity index (χ0n) is 12.5. The zero-order valence-corrected chi connectivity index (χ0v) is 12.5. The van der Waals surface area contributed by atoms with E-state index in [1.807, 2.05) is 0 Å². The van der Waals surface area contributed by atoms with Gasteiger partial charge in [0.1, 0.15) is 0 Å². The number of aromatic nitrogens is 2. The predicted molar refractivity (Wildman–Crippen MR) is 76.1 cm³/mol. The molecule has 108 valence electrons. The molecule has 0 saturated heterocycles. The van der Waals surface area contributed by atoms with Crippen molar-refractivity contribution in [1.82, 2.24) is 15.5 Å². The molecule has 4 heteroatoms. The smallest absolute Gasteiger partial charge is 0.228 e. The molecule has 1 aromatic heterocycles. The van der Waals surface area contributed by atoms with Gasteiger partial charge in [-0.15, -0.1) is 0 Å². The van der Waals surface area contributed by atoms with E-state index in [1.165, 1.54) is 25.7 Å². The lowest BCUT2D eigenvalue weighted by molar-refractivity contribution is 0.354. The second-order valence-electron chi connectivity index (χ2n) is 5.89. The molecule has 1 saturated carbocycles. The number of nitrogens with zero attached hydrogens (tertiary/aromatic N) is 2. The molecule has 0 bridgehead atoms. The van der Waals surface area contributed by atoms with Crippen LogP contribution in [0.3, 0.4) is 0 Å². The van der Waals surface area contributed by atoms with Crippen molar-refractivity contribution in [2.45, 2.75) is 71.3 Å². The Hall–Kier alpha value is -0.900. The van der Waals surface area contributed by atoms with Gasteiger partial charge in [-0.3, -0.25) is 0 Å². The van der Waals surface area contributed by atoms with Crippen LogP contribution in [-0.4, -0.2) is 22.7 Å². The fraction of sp³-hybridized carbons (Fsp3) is 0.867. The van der Waals surface area contributed by atoms with Gasteiger partial charge in [0.05, 0.1) is 0 Å². The van der Waals surface area contributed by atoms with Crippen molar-refractivity contribution in [3.63, 3.8) is 0 Å². The van der Waals surface area contributed by atoms with Crippen LogP contribution in [-0.2, 0) is 6.42 Å². The van der Waals surface area contributed by atoms with Gasteiger partial charge in [0.15, 0.2) is 5.82 Å². The van der Waals surface area contributed by atoms with Crippen molar-refractivity contribution >= 4 is 0 Å². The molecule has 1 N–H and O–H groups in total. The van der Waals surface area contributed by atoms with Gasteiger partial charge >= 0.3 is 0 Å². The summed E-state index contributed by atoms with van der Waals surface area (Å²) in [4.78, 5) is 4.59. The average molecular weight is 265 g/mol. The van der Waals surface area contributed by atoms with Crippen molar-refractivity contribution in [2.75, 3.05) is 6.54 Å². The molecule has 3 atom stereocenters. The van der Waals surface area contributed by atoms with E-state index < -0.39 is 0 Å². The maximum absolute atomic E-state index is 5.40. The fourth-order valence-electron chi connectivity index (χ4n) is 2.92. The van der Waals surface area contributed by atoms with E-state index in [0.717, 1.165) is 37.0 Å². The Morgan fingerprint density at radius 3 is 2.89 bits per heavy atom. The number of hydrogen-bond acceptors (Lipinski definition) is 4. The summed E-state index contributed by atoms with van der Waals surface area (Å²) >= 11 is 0. The molecule has 1 fully saturated rings. The summed E-state index contributed by atoms with van der Waals surface area (Å²) in [7, 11) is 0. The van der Waals surface area contributed by atoms with Crippen LogP contribution in [0.5, 0.6) is 0 Å². The summed E-state index contributed by atoms with van der Waals surface area (Å²) in [5, 5.41) is 7.63. The molecular weight excluding hydrogens is 238 g/mol. The maximum Gasteiger partial charge on any atom is 0.228 e. The van der Waals surface area contributed by atoms with Crippen LogP contribution in [0.15, 0.2) is 4.52 Å². The first-order valence-electron chi connectivity index (χ1n) is 7.78. The lowest BCUT2D eigenvalue weighted by atomic mass is 10.0. The van der Waals surface area contributed by atoms with Gasteiger partial charge in [0, 0.05) is 18.4 Å². The van der Waals surface area contributed by atoms with Gasteiger partial charge in [0.25, 0.3) is 0 Å². The molecule has 1 heterocycles. The van der Waals surface area contributed by atoms with E-state index in [0.29, 0.717) is 12.0 Å². The molecule has 0 amide bonds. The van der Waals surface area contributed by atoms with Crippen LogP contribution in [0.4, 0.5) is 0 Å². The minimum atomic E-state index is 0.403. The predicted octanol–water partition coefficient (Wildman–Crippen LogP) is 3.29. The second-order valence-corrected chi connectivity index (χ2v) is 5.89. The van der Waals surface area contributed by atoms with E-state index >= 15 is 0 Å². The summed E-state index contributed by atoms with van der Waals surface area (Å²) < 4.78 is 5.40. The molecule has 0 radical (unpaired) electrons. The SMILES string of the molecule is CCCNC(C)Cc1nc(C2CCC(CC)C2)no1. The molecule has 1 aromatic rings. The molecule has 1 aliphatic rings. The van der Waals surface area contributed by atoms with E-state index in [-0.39, 0.29) is 0 Å². The van der Waals surface area contributed by atoms with Crippen LogP contribution in [0.25, 0.3) is 0 Å². The summed E-state index contributed by atoms with van der Waals surface area (Å²) in [6.07, 6.45) is 7.04. The third-order valence-electron chi connectivity index (χ3n) is 4.19. The van der Waals surface area contributed by atoms with Crippen molar-refractivity contribution in [2.24, 2.45) is 5.92 Å². The quantitative estimate of drug-likeness (QED) is 0.822. The van der Waals surface area contributed by atoms with Gasteiger partial charge < -0.3 is 9.84 Å². The third-order valence-corrected chi connectivity index (χ3v) is 4.19. The first kappa shape index (κ1) is 14.5. The van der Waals surface area contributed by atoms with Crippen molar-refractivity contribution < 1.29 is 4.52 Å². The first-order chi connectivity index (χ1) is 9.22. The van der Waals surface area contributed by atoms with Crippen LogP contribution < -0.4 is 5.32 Å². The highest BCUT2D eigenvalue weighted by atomic mass is 16.5. The maximum atomic E-state index is 5.40. The molecule has 0 spiro atoms. The molecule has 19 heavy (non-hydrogen) atoms. The molecule has 0 aliphatic heterocycles. The lowest BCUT2D eigenvalue weighted by Crippen LogP contribution is -2.28. The van der Waals surface area contributed by atoms with E-state index in [2.05, 4.69) is 36.2 Å². The van der Waals surface area contributed by atoms with E-state index in [4.69, 9.17) is 4.52 Å². The van der Waals surface area contributed by atoms with Gasteiger partial charge in [-0.25, -0.2) is 0 Å². The van der Waals surface area contributed by atoms with Crippen LogP contribution in [0.2, 0.25) is 0 Å². The number of hydrogen-bond donors (Lipinski definition) is 1. The van der Waals surface area contributed by atoms with Gasteiger partial charge in [-0.2, -0.15) is 4.98 Å². The summed E-state index contributed by atoms with van der Waals surface area (Å²) in [5.41, 5.74) is 0. The minimum absolute atomic E-state index is 0.403. The van der Waals surface area contributed by atoms with Crippen molar-refractivity contribution in [3.8, 4) is 0 Å². The molecule has 4 nitrogen and oxygen atoms in total. The monoisotopic (exact) mass is 265 g/mol. The molecule has 0 aromatic carbocycles. The Kier molecular flexibility index (Phi) is 5.37. The summed E-state index contributed by atoms with van der Waals surface area (Å²) in [5.74, 6) is 3.11. The molecule has 1 aliphatic carbocycles. The number of nitrogens with one attached hydrogen (secondary N) is 1. The Labute approximate surface area is 116 Å². The largest absolute Gasteiger partial charge is 0.339 e. The lowest BCUT2D eigenvalue weighted by Gasteiger charge is -2.09. The zero-order chi connectivity index (χ0) is 13.7. The number of rotatable bonds is 7. The van der Waals surface area contributed by atoms with Crippen molar-refractivity contribution in [1.29, 1.82) is 0 Å². The Balaban J connectivity index is 1.85. The van der Waals surface area contributed by atoms with Gasteiger partial charge in [0.2, 0.25) is 5.89 Å². The van der Waals surface area contributed by atoms with Crippen LogP contribution in [0, 0.1) is 5.92 Å². The normalized spacial score (nSPS) is 24.8. The highest BCUT2D eigenvalue weighted by molar-refractivity contribution is 5.00. The molecule has 2 rings (SSSR count). The molecular formula is C15H27N3O. The standard InChI is InChI=1S/C15H27N3O/c1-4-8-16-11(3)9-14-17-15(18-19-14)13-7-6-12(5-2)10-13/h11-13,16H,4-10H2,1-3H3. The van der Waals surface area contributed by atoms with Gasteiger partial charge in [-0.05, 0) is 45.1 Å². The first-order valence-corrected chi connectivity index (χ1v) is 7.78. The van der Waals surface area contributed by atoms with E-state index in [1.54, 1.807) is 0 Å². The Bertz CT molecular complexity index is 377. The molecule has 3 unspecified atom stereocenters. The van der Waals surface area contributed by atoms with Crippen LogP contribution >= 0.6 is 0 Å². The van der Waals surface area contributed by atoms with E-state index in [9.17, 15) is 0 Å². The van der Waals surface area contributed by atoms with Crippen molar-refractivity contribution in [3.05, 3.63) is 11.7 Å². The highest BCUT2D eigenvalue weighted by Crippen LogP contribution is 2.38. The highest BCUT2D eigenvalue weighted by Gasteiger charge is 2.28. The van der Waals surface area contributed by atoms with Gasteiger partial charge in [-0.1, -0.05) is 25.4 Å². The van der Waals surface area contributed by atoms with Crippen LogP contribution in [0.1, 0.15) is 70.5 Å². The summed E-state index contributed by atoms with van der Waals surface area (Å²) in [6.45, 7) is 7.66.